The maximum atomic E-state index is 13.7. The molecule has 0 aromatic heterocycles. The van der Waals surface area contributed by atoms with E-state index in [0.29, 0.717) is 0 Å². The average Bonchev–Trinajstić information content (AvgIpc) is 2.52. The van der Waals surface area contributed by atoms with Gasteiger partial charge in [-0.15, -0.1) is 0 Å². The second-order valence-corrected chi connectivity index (χ2v) is 17.4. The van der Waals surface area contributed by atoms with Crippen LogP contribution in [0.4, 0.5) is 9.59 Å². The molecule has 1 heterocycles. The molecule has 10 nitrogen and oxygen atoms in total. The van der Waals surface area contributed by atoms with Crippen molar-refractivity contribution in [1.82, 2.24) is 24.2 Å². The smallest absolute Gasteiger partial charge is 0.435 e. The monoisotopic (exact) mass is 536 g/mol. The standard InChI is InChI=1S/C23H50N6O4P2/c1-16(2)25-35(27(20(31)33-18(5)6)24-19(30)32-17(3)4)28(22(10,11)12)34(26-21(7,8)9)29(35)23(13,14)15/h16-18,26H,1-15H3,(H,24,30). The van der Waals surface area contributed by atoms with Gasteiger partial charge in [-0.3, -0.25) is 9.83 Å². The predicted octanol–water partition coefficient (Wildman–Crippen LogP) is 7.07. The summed E-state index contributed by atoms with van der Waals surface area (Å²) in [5.41, 5.74) is 1.77. The normalized spacial score (nSPS) is 22.3. The minimum Gasteiger partial charge on any atom is -0.446 e. The highest BCUT2D eigenvalue weighted by Gasteiger charge is 2.67. The van der Waals surface area contributed by atoms with E-state index >= 15 is 0 Å². The molecule has 12 heteroatoms. The Kier molecular flexibility index (Phi) is 10.3. The number of ether oxygens (including phenoxy) is 2. The maximum Gasteiger partial charge on any atom is 0.435 e. The van der Waals surface area contributed by atoms with Crippen LogP contribution in [0.5, 0.6) is 0 Å². The van der Waals surface area contributed by atoms with Crippen molar-refractivity contribution in [2.24, 2.45) is 4.74 Å². The van der Waals surface area contributed by atoms with E-state index in [2.05, 4.69) is 81.7 Å². The van der Waals surface area contributed by atoms with Gasteiger partial charge in [0, 0.05) is 22.7 Å². The van der Waals surface area contributed by atoms with Crippen LogP contribution < -0.4 is 10.5 Å². The Hall–Kier alpha value is -0.920. The lowest BCUT2D eigenvalue weighted by Crippen LogP contribution is -2.65. The first-order valence-electron chi connectivity index (χ1n) is 12.3. The van der Waals surface area contributed by atoms with E-state index in [1.54, 1.807) is 27.7 Å². The van der Waals surface area contributed by atoms with Gasteiger partial charge in [0.15, 0.2) is 0 Å². The summed E-state index contributed by atoms with van der Waals surface area (Å²) in [5.74, 6) is 0. The van der Waals surface area contributed by atoms with Gasteiger partial charge in [-0.1, -0.05) is 0 Å². The molecular weight excluding hydrogens is 486 g/mol. The molecule has 2 amide bonds. The van der Waals surface area contributed by atoms with E-state index in [4.69, 9.17) is 14.2 Å². The van der Waals surface area contributed by atoms with Crippen molar-refractivity contribution in [2.45, 2.75) is 139 Å². The largest absolute Gasteiger partial charge is 0.446 e. The Labute approximate surface area is 214 Å². The van der Waals surface area contributed by atoms with Crippen LogP contribution in [0.15, 0.2) is 4.74 Å². The van der Waals surface area contributed by atoms with Crippen LogP contribution in [0, 0.1) is 0 Å². The summed E-state index contributed by atoms with van der Waals surface area (Å²) in [6.45, 7) is 30.1. The molecule has 0 saturated carbocycles. The quantitative estimate of drug-likeness (QED) is 0.286. The average molecular weight is 537 g/mol. The molecule has 0 aromatic rings. The van der Waals surface area contributed by atoms with Crippen molar-refractivity contribution in [3.63, 3.8) is 0 Å². The molecule has 0 radical (unpaired) electrons. The molecule has 0 aromatic carbocycles. The molecule has 0 spiro atoms. The fourth-order valence-electron chi connectivity index (χ4n) is 3.55. The first-order valence-corrected chi connectivity index (χ1v) is 15.2. The number of hydrogen-bond donors (Lipinski definition) is 2. The van der Waals surface area contributed by atoms with Gasteiger partial charge in [0.25, 0.3) is 0 Å². The summed E-state index contributed by atoms with van der Waals surface area (Å²) in [5, 5.41) is 3.78. The second-order valence-electron chi connectivity index (χ2n) is 12.6. The highest BCUT2D eigenvalue weighted by molar-refractivity contribution is 7.85. The molecule has 2 N–H and O–H groups in total. The van der Waals surface area contributed by atoms with Crippen LogP contribution in [0.1, 0.15) is 104 Å². The third kappa shape index (κ3) is 8.03. The minimum absolute atomic E-state index is 0.123. The van der Waals surface area contributed by atoms with Gasteiger partial charge in [-0.05, 0) is 104 Å². The lowest BCUT2D eigenvalue weighted by molar-refractivity contribution is 0.0664. The summed E-state index contributed by atoms with van der Waals surface area (Å²) in [4.78, 5) is 26.6. The van der Waals surface area contributed by atoms with E-state index < -0.39 is 39.1 Å². The van der Waals surface area contributed by atoms with Crippen molar-refractivity contribution in [1.29, 1.82) is 0 Å². The van der Waals surface area contributed by atoms with Crippen LogP contribution in [-0.4, -0.2) is 60.7 Å². The molecule has 0 unspecified atom stereocenters. The first-order chi connectivity index (χ1) is 15.5. The Morgan fingerprint density at radius 2 is 1.26 bits per heavy atom. The van der Waals surface area contributed by atoms with Crippen molar-refractivity contribution in [3.05, 3.63) is 0 Å². The summed E-state index contributed by atoms with van der Waals surface area (Å²) in [6, 6.07) is -0.123. The zero-order valence-electron chi connectivity index (χ0n) is 24.5. The molecule has 1 aliphatic rings. The molecule has 1 saturated heterocycles. The second kappa shape index (κ2) is 11.2. The molecular formula is C23H50N6O4P2. The summed E-state index contributed by atoms with van der Waals surface area (Å²) < 4.78 is 22.2. The molecule has 0 atom stereocenters. The van der Waals surface area contributed by atoms with E-state index in [1.807, 2.05) is 13.8 Å². The molecule has 1 fully saturated rings. The zero-order chi connectivity index (χ0) is 27.7. The Morgan fingerprint density at radius 1 is 0.829 bits per heavy atom. The Balaban J connectivity index is 3.99. The van der Waals surface area contributed by atoms with Gasteiger partial charge < -0.3 is 9.47 Å². The Morgan fingerprint density at radius 3 is 1.57 bits per heavy atom. The van der Waals surface area contributed by atoms with Gasteiger partial charge >= 0.3 is 12.2 Å². The number of amides is 2. The van der Waals surface area contributed by atoms with Crippen LogP contribution in [-0.2, 0) is 9.47 Å². The first kappa shape index (κ1) is 32.1. The van der Waals surface area contributed by atoms with E-state index in [0.717, 1.165) is 0 Å². The third-order valence-corrected chi connectivity index (χ3v) is 13.2. The van der Waals surface area contributed by atoms with Crippen molar-refractivity contribution in [3.8, 4) is 0 Å². The van der Waals surface area contributed by atoms with Gasteiger partial charge in [-0.25, -0.2) is 15.0 Å². The van der Waals surface area contributed by atoms with Crippen LogP contribution in [0.3, 0.4) is 0 Å². The summed E-state index contributed by atoms with van der Waals surface area (Å²) in [7, 11) is -4.14. The van der Waals surface area contributed by atoms with Gasteiger partial charge in [0.2, 0.25) is 7.51 Å². The van der Waals surface area contributed by atoms with E-state index in [-0.39, 0.29) is 23.8 Å². The van der Waals surface area contributed by atoms with E-state index in [9.17, 15) is 9.59 Å². The maximum absolute atomic E-state index is 13.7. The van der Waals surface area contributed by atoms with Crippen LogP contribution >= 0.6 is 15.9 Å². The topological polar surface area (TPSA) is 98.7 Å². The van der Waals surface area contributed by atoms with Gasteiger partial charge in [0.1, 0.15) is 8.37 Å². The van der Waals surface area contributed by atoms with Crippen LogP contribution in [0.2, 0.25) is 0 Å². The SMILES string of the molecule is CC(C)N=P1(N(NC(=O)OC(C)C)C(=O)OC(C)C)N(C(C)(C)C)P(NC(C)(C)C)N1C(C)(C)C. The highest BCUT2D eigenvalue weighted by Crippen LogP contribution is 2.87. The number of nitrogens with zero attached hydrogens (tertiary/aromatic N) is 4. The molecule has 206 valence electrons. The number of rotatable bonds is 5. The number of nitrogens with one attached hydrogen (secondary N) is 2. The number of carbonyl (C=O) groups excluding carboxylic acids is 2. The molecule has 1 aliphatic heterocycles. The van der Waals surface area contributed by atoms with Crippen molar-refractivity contribution < 1.29 is 19.1 Å². The molecule has 0 bridgehead atoms. The predicted molar refractivity (Wildman–Crippen MR) is 146 cm³/mol. The Bertz CT molecular complexity index is 786. The summed E-state index contributed by atoms with van der Waals surface area (Å²) >= 11 is 0. The molecule has 35 heavy (non-hydrogen) atoms. The number of hydrazine groups is 1. The minimum atomic E-state index is -3.05. The zero-order valence-corrected chi connectivity index (χ0v) is 26.3. The number of carbonyl (C=O) groups is 2. The lowest BCUT2D eigenvalue weighted by atomic mass is 10.1. The molecule has 1 rings (SSSR count). The van der Waals surface area contributed by atoms with Crippen LogP contribution in [0.25, 0.3) is 0 Å². The van der Waals surface area contributed by atoms with Gasteiger partial charge in [-0.2, -0.15) is 13.7 Å². The lowest BCUT2D eigenvalue weighted by Gasteiger charge is -2.68. The third-order valence-electron chi connectivity index (χ3n) is 4.21. The number of hydrogen-bond acceptors (Lipinski definition) is 6. The van der Waals surface area contributed by atoms with E-state index in [1.165, 1.54) is 4.78 Å². The fourth-order valence-corrected chi connectivity index (χ4v) is 12.4. The molecule has 0 aliphatic carbocycles. The fraction of sp³-hybridized carbons (Fsp3) is 0.913. The van der Waals surface area contributed by atoms with Gasteiger partial charge in [0.05, 0.1) is 12.2 Å². The van der Waals surface area contributed by atoms with Crippen molar-refractivity contribution in [2.75, 3.05) is 0 Å². The van der Waals surface area contributed by atoms with Crippen molar-refractivity contribution >= 4 is 28.1 Å². The highest BCUT2D eigenvalue weighted by atomic mass is 31.3. The summed E-state index contributed by atoms with van der Waals surface area (Å²) in [6.07, 6.45) is -2.12.